The number of hydrogen-bond acceptors (Lipinski definition) is 2. The molecule has 1 aromatic rings. The quantitative estimate of drug-likeness (QED) is 0.549. The van der Waals surface area contributed by atoms with E-state index in [1.54, 1.807) is 6.07 Å². The van der Waals surface area contributed by atoms with Gasteiger partial charge >= 0.3 is 0 Å². The second kappa shape index (κ2) is 2.92. The van der Waals surface area contributed by atoms with Crippen molar-refractivity contribution in [3.8, 4) is 11.3 Å². The van der Waals surface area contributed by atoms with Crippen LogP contribution in [0.1, 0.15) is 0 Å². The minimum absolute atomic E-state index is 0.197. The number of nitrogens with zero attached hydrogens (tertiary/aromatic N) is 2. The third-order valence-electron chi connectivity index (χ3n) is 2.44. The maximum atomic E-state index is 11.2. The Hall–Kier alpha value is -2.16. The SMILES string of the molecule is O=c1ccc2cccn3cccc3c-2n1. The van der Waals surface area contributed by atoms with Crippen LogP contribution in [-0.2, 0) is 0 Å². The fourth-order valence-corrected chi connectivity index (χ4v) is 1.76. The zero-order valence-corrected chi connectivity index (χ0v) is 7.92. The molecule has 0 fully saturated rings. The largest absolute Gasteiger partial charge is 0.322 e. The smallest absolute Gasteiger partial charge is 0.270 e. The number of fused-ring (bicyclic) bond motifs is 3. The summed E-state index contributed by atoms with van der Waals surface area (Å²) in [5.41, 5.74) is 2.48. The van der Waals surface area contributed by atoms with Gasteiger partial charge in [-0.2, -0.15) is 0 Å². The van der Waals surface area contributed by atoms with Gasteiger partial charge in [0.25, 0.3) is 5.56 Å². The highest BCUT2D eigenvalue weighted by Crippen LogP contribution is 2.21. The van der Waals surface area contributed by atoms with Gasteiger partial charge in [-0.3, -0.25) is 4.79 Å². The van der Waals surface area contributed by atoms with E-state index in [0.29, 0.717) is 0 Å². The molecule has 0 unspecified atom stereocenters. The van der Waals surface area contributed by atoms with Crippen molar-refractivity contribution >= 4 is 5.52 Å². The minimum atomic E-state index is -0.197. The normalized spacial score (nSPS) is 10.9. The lowest BCUT2D eigenvalue weighted by Crippen LogP contribution is -2.04. The lowest BCUT2D eigenvalue weighted by Gasteiger charge is -1.98. The van der Waals surface area contributed by atoms with E-state index in [9.17, 15) is 4.79 Å². The molecule has 0 aliphatic carbocycles. The zero-order valence-electron chi connectivity index (χ0n) is 7.92. The molecule has 0 spiro atoms. The average Bonchev–Trinajstić information content (AvgIpc) is 2.62. The topological polar surface area (TPSA) is 34.4 Å². The fourth-order valence-electron chi connectivity index (χ4n) is 1.76. The summed E-state index contributed by atoms with van der Waals surface area (Å²) in [6.45, 7) is 0. The van der Waals surface area contributed by atoms with Gasteiger partial charge in [0.05, 0.1) is 11.2 Å². The summed E-state index contributed by atoms with van der Waals surface area (Å²) in [6, 6.07) is 11.1. The lowest BCUT2D eigenvalue weighted by molar-refractivity contribution is 1.19. The summed E-state index contributed by atoms with van der Waals surface area (Å²) in [5, 5.41) is 0. The third kappa shape index (κ3) is 1.21. The average molecular weight is 196 g/mol. The van der Waals surface area contributed by atoms with Crippen molar-refractivity contribution in [2.75, 3.05) is 0 Å². The first-order valence-electron chi connectivity index (χ1n) is 4.71. The lowest BCUT2D eigenvalue weighted by atomic mass is 10.1. The van der Waals surface area contributed by atoms with E-state index in [-0.39, 0.29) is 5.56 Å². The molecular formula is C12H8N2O. The van der Waals surface area contributed by atoms with Crippen LogP contribution in [0.15, 0.2) is 53.6 Å². The Labute approximate surface area is 86.0 Å². The molecule has 0 saturated heterocycles. The van der Waals surface area contributed by atoms with Crippen molar-refractivity contribution in [3.05, 3.63) is 59.1 Å². The van der Waals surface area contributed by atoms with Crippen molar-refractivity contribution in [1.29, 1.82) is 0 Å². The zero-order chi connectivity index (χ0) is 10.3. The highest BCUT2D eigenvalue weighted by Gasteiger charge is 2.06. The molecule has 1 aromatic heterocycles. The fraction of sp³-hybridized carbons (Fsp3) is 0. The Balaban J connectivity index is 2.60. The summed E-state index contributed by atoms with van der Waals surface area (Å²) in [5.74, 6) is 0. The number of aromatic nitrogens is 2. The molecule has 0 atom stereocenters. The second-order valence-electron chi connectivity index (χ2n) is 3.40. The molecule has 3 heteroatoms. The van der Waals surface area contributed by atoms with Crippen LogP contribution in [0, 0.1) is 0 Å². The van der Waals surface area contributed by atoms with Gasteiger partial charge in [-0.25, -0.2) is 4.98 Å². The van der Waals surface area contributed by atoms with Gasteiger partial charge in [0.1, 0.15) is 0 Å². The number of rotatable bonds is 0. The van der Waals surface area contributed by atoms with Gasteiger partial charge in [0.15, 0.2) is 0 Å². The van der Waals surface area contributed by atoms with E-state index in [0.717, 1.165) is 16.8 Å². The van der Waals surface area contributed by atoms with Crippen molar-refractivity contribution < 1.29 is 0 Å². The van der Waals surface area contributed by atoms with E-state index < -0.39 is 0 Å². The summed E-state index contributed by atoms with van der Waals surface area (Å²) in [7, 11) is 0. The number of hydrogen-bond donors (Lipinski definition) is 0. The molecule has 72 valence electrons. The predicted molar refractivity (Wildman–Crippen MR) is 58.1 cm³/mol. The van der Waals surface area contributed by atoms with Gasteiger partial charge in [0, 0.05) is 24.0 Å². The van der Waals surface area contributed by atoms with Crippen LogP contribution in [0.5, 0.6) is 0 Å². The van der Waals surface area contributed by atoms with Crippen molar-refractivity contribution in [3.63, 3.8) is 0 Å². The van der Waals surface area contributed by atoms with Gasteiger partial charge < -0.3 is 4.40 Å². The van der Waals surface area contributed by atoms with Crippen LogP contribution in [-0.4, -0.2) is 9.38 Å². The van der Waals surface area contributed by atoms with Crippen LogP contribution in [0.25, 0.3) is 16.8 Å². The predicted octanol–water partition coefficient (Wildman–Crippen LogP) is 1.80. The first kappa shape index (κ1) is 8.17. The molecule has 0 N–H and O–H groups in total. The molecule has 0 amide bonds. The molecule has 3 rings (SSSR count). The van der Waals surface area contributed by atoms with Crippen LogP contribution >= 0.6 is 0 Å². The molecule has 15 heavy (non-hydrogen) atoms. The van der Waals surface area contributed by atoms with Crippen molar-refractivity contribution in [2.45, 2.75) is 0 Å². The minimum Gasteiger partial charge on any atom is -0.322 e. The monoisotopic (exact) mass is 196 g/mol. The highest BCUT2D eigenvalue weighted by atomic mass is 16.1. The molecule has 0 radical (unpaired) electrons. The van der Waals surface area contributed by atoms with E-state index in [4.69, 9.17) is 0 Å². The van der Waals surface area contributed by atoms with E-state index >= 15 is 0 Å². The second-order valence-corrected chi connectivity index (χ2v) is 3.40. The van der Waals surface area contributed by atoms with Crippen molar-refractivity contribution in [1.82, 2.24) is 9.38 Å². The molecule has 2 aliphatic heterocycles. The van der Waals surface area contributed by atoms with Gasteiger partial charge in [-0.1, -0.05) is 6.07 Å². The highest BCUT2D eigenvalue weighted by molar-refractivity contribution is 5.76. The Morgan fingerprint density at radius 1 is 1.00 bits per heavy atom. The standard InChI is InChI=1S/C12H8N2O/c15-11-6-5-9-3-1-7-14-8-2-4-10(14)12(9)13-11/h1-8H. The van der Waals surface area contributed by atoms with Gasteiger partial charge in [0.2, 0.25) is 0 Å². The van der Waals surface area contributed by atoms with Crippen molar-refractivity contribution in [2.24, 2.45) is 0 Å². The molecule has 3 nitrogen and oxygen atoms in total. The molecular weight excluding hydrogens is 188 g/mol. The summed E-state index contributed by atoms with van der Waals surface area (Å²) in [6.07, 6.45) is 3.88. The van der Waals surface area contributed by atoms with E-state index in [1.807, 2.05) is 41.1 Å². The molecule has 2 aliphatic rings. The summed E-state index contributed by atoms with van der Waals surface area (Å²) < 4.78 is 1.95. The van der Waals surface area contributed by atoms with Crippen LogP contribution in [0.4, 0.5) is 0 Å². The maximum absolute atomic E-state index is 11.2. The summed E-state index contributed by atoms with van der Waals surface area (Å²) in [4.78, 5) is 15.3. The Kier molecular flexibility index (Phi) is 1.59. The summed E-state index contributed by atoms with van der Waals surface area (Å²) >= 11 is 0. The number of pyridine rings is 1. The Morgan fingerprint density at radius 3 is 2.67 bits per heavy atom. The van der Waals surface area contributed by atoms with Gasteiger partial charge in [-0.05, 0) is 24.3 Å². The Bertz CT molecular complexity index is 657. The first-order chi connectivity index (χ1) is 7.34. The first-order valence-corrected chi connectivity index (χ1v) is 4.71. The molecule has 0 bridgehead atoms. The third-order valence-corrected chi connectivity index (χ3v) is 2.44. The van der Waals surface area contributed by atoms with E-state index in [2.05, 4.69) is 4.98 Å². The van der Waals surface area contributed by atoms with Gasteiger partial charge in [-0.15, -0.1) is 0 Å². The van der Waals surface area contributed by atoms with Crippen LogP contribution < -0.4 is 5.56 Å². The Morgan fingerprint density at radius 2 is 1.80 bits per heavy atom. The van der Waals surface area contributed by atoms with Crippen LogP contribution in [0.3, 0.4) is 0 Å². The van der Waals surface area contributed by atoms with Crippen LogP contribution in [0.2, 0.25) is 0 Å². The molecule has 0 aromatic carbocycles. The molecule has 0 saturated carbocycles. The van der Waals surface area contributed by atoms with E-state index in [1.165, 1.54) is 6.07 Å². The maximum Gasteiger partial charge on any atom is 0.270 e. The molecule has 3 heterocycles.